The summed E-state index contributed by atoms with van der Waals surface area (Å²) in [6.07, 6.45) is 0.116. The zero-order valence-electron chi connectivity index (χ0n) is 17.1. The minimum atomic E-state index is -0.686. The van der Waals surface area contributed by atoms with Crippen molar-refractivity contribution >= 4 is 11.8 Å². The van der Waals surface area contributed by atoms with Crippen LogP contribution in [0, 0.1) is 0 Å². The van der Waals surface area contributed by atoms with Gasteiger partial charge in [-0.05, 0) is 30.2 Å². The highest BCUT2D eigenvalue weighted by atomic mass is 16.5. The molecule has 2 aromatic carbocycles. The zero-order valence-corrected chi connectivity index (χ0v) is 17.1. The molecule has 2 amide bonds. The summed E-state index contributed by atoms with van der Waals surface area (Å²) in [5.41, 5.74) is 1.68. The van der Waals surface area contributed by atoms with Crippen molar-refractivity contribution in [3.63, 3.8) is 0 Å². The molecule has 7 nitrogen and oxygen atoms in total. The third-order valence-electron chi connectivity index (χ3n) is 4.58. The Morgan fingerprint density at radius 2 is 1.72 bits per heavy atom. The maximum atomic E-state index is 13.1. The predicted molar refractivity (Wildman–Crippen MR) is 110 cm³/mol. The van der Waals surface area contributed by atoms with Crippen LogP contribution in [0.15, 0.2) is 48.5 Å². The molecule has 0 aliphatic heterocycles. The van der Waals surface area contributed by atoms with Gasteiger partial charge in [0, 0.05) is 13.1 Å². The van der Waals surface area contributed by atoms with Crippen LogP contribution in [0.3, 0.4) is 0 Å². The normalized spacial score (nSPS) is 11.4. The van der Waals surface area contributed by atoms with Crippen molar-refractivity contribution in [2.45, 2.75) is 25.9 Å². The molecule has 29 heavy (non-hydrogen) atoms. The highest BCUT2D eigenvalue weighted by molar-refractivity contribution is 5.88. The summed E-state index contributed by atoms with van der Waals surface area (Å²) in [5.74, 6) is 0.631. The molecule has 0 fully saturated rings. The molecule has 0 aromatic heterocycles. The number of aliphatic hydroxyl groups excluding tert-OH is 1. The summed E-state index contributed by atoms with van der Waals surface area (Å²) in [5, 5.41) is 11.6. The van der Waals surface area contributed by atoms with Crippen molar-refractivity contribution in [3.05, 3.63) is 59.7 Å². The van der Waals surface area contributed by atoms with E-state index in [4.69, 9.17) is 14.6 Å². The topological polar surface area (TPSA) is 88.1 Å². The minimum absolute atomic E-state index is 0.116. The summed E-state index contributed by atoms with van der Waals surface area (Å²) in [4.78, 5) is 27.1. The van der Waals surface area contributed by atoms with Gasteiger partial charge in [0.15, 0.2) is 11.5 Å². The first kappa shape index (κ1) is 22.2. The van der Waals surface area contributed by atoms with Crippen LogP contribution < -0.4 is 14.8 Å². The lowest BCUT2D eigenvalue weighted by Crippen LogP contribution is -2.48. The first-order valence-corrected chi connectivity index (χ1v) is 9.43. The van der Waals surface area contributed by atoms with Crippen LogP contribution in [0.25, 0.3) is 0 Å². The van der Waals surface area contributed by atoms with Gasteiger partial charge in [0.05, 0.1) is 27.2 Å². The van der Waals surface area contributed by atoms with Crippen molar-refractivity contribution in [1.82, 2.24) is 10.2 Å². The second kappa shape index (κ2) is 11.1. The summed E-state index contributed by atoms with van der Waals surface area (Å²) >= 11 is 0. The SMILES string of the molecule is COc1ccc(CC(=O)N(Cc2ccccc2)[C@H](C)C(=O)NCCO)cc1OC. The van der Waals surface area contributed by atoms with Gasteiger partial charge in [-0.1, -0.05) is 36.4 Å². The molecule has 0 radical (unpaired) electrons. The summed E-state index contributed by atoms with van der Waals surface area (Å²) in [7, 11) is 3.09. The smallest absolute Gasteiger partial charge is 0.242 e. The molecule has 0 saturated carbocycles. The van der Waals surface area contributed by atoms with E-state index in [2.05, 4.69) is 5.32 Å². The van der Waals surface area contributed by atoms with Gasteiger partial charge in [0.25, 0.3) is 0 Å². The van der Waals surface area contributed by atoms with Crippen LogP contribution in [0.5, 0.6) is 11.5 Å². The molecule has 0 spiro atoms. The average molecular weight is 400 g/mol. The van der Waals surface area contributed by atoms with Crippen molar-refractivity contribution < 1.29 is 24.2 Å². The molecular formula is C22H28N2O5. The Labute approximate surface area is 171 Å². The average Bonchev–Trinajstić information content (AvgIpc) is 2.75. The molecule has 1 atom stereocenters. The van der Waals surface area contributed by atoms with Crippen LogP contribution >= 0.6 is 0 Å². The lowest BCUT2D eigenvalue weighted by Gasteiger charge is -2.29. The fourth-order valence-corrected chi connectivity index (χ4v) is 2.96. The van der Waals surface area contributed by atoms with Crippen molar-refractivity contribution in [2.24, 2.45) is 0 Å². The quantitative estimate of drug-likeness (QED) is 0.635. The van der Waals surface area contributed by atoms with E-state index in [-0.39, 0.29) is 31.4 Å². The molecular weight excluding hydrogens is 372 g/mol. The molecule has 0 unspecified atom stereocenters. The number of carbonyl (C=O) groups is 2. The molecule has 0 heterocycles. The van der Waals surface area contributed by atoms with E-state index < -0.39 is 6.04 Å². The first-order chi connectivity index (χ1) is 14.0. The van der Waals surface area contributed by atoms with E-state index >= 15 is 0 Å². The van der Waals surface area contributed by atoms with E-state index in [0.29, 0.717) is 18.0 Å². The number of carbonyl (C=O) groups excluding carboxylic acids is 2. The van der Waals surface area contributed by atoms with Crippen LogP contribution in [-0.4, -0.2) is 55.2 Å². The van der Waals surface area contributed by atoms with E-state index in [9.17, 15) is 9.59 Å². The van der Waals surface area contributed by atoms with Crippen molar-refractivity contribution in [3.8, 4) is 11.5 Å². The van der Waals surface area contributed by atoms with Gasteiger partial charge in [0.2, 0.25) is 11.8 Å². The number of nitrogens with zero attached hydrogens (tertiary/aromatic N) is 1. The first-order valence-electron chi connectivity index (χ1n) is 9.43. The summed E-state index contributed by atoms with van der Waals surface area (Å²) < 4.78 is 10.5. The predicted octanol–water partition coefficient (Wildman–Crippen LogP) is 1.77. The molecule has 0 aliphatic carbocycles. The summed E-state index contributed by atoms with van der Waals surface area (Å²) in [6.45, 7) is 1.98. The fourth-order valence-electron chi connectivity index (χ4n) is 2.96. The number of ether oxygens (including phenoxy) is 2. The molecule has 2 aromatic rings. The lowest BCUT2D eigenvalue weighted by molar-refractivity contribution is -0.140. The number of benzene rings is 2. The number of aliphatic hydroxyl groups is 1. The van der Waals surface area contributed by atoms with Crippen LogP contribution in [-0.2, 0) is 22.6 Å². The Hall–Kier alpha value is -3.06. The Kier molecular flexibility index (Phi) is 8.48. The van der Waals surface area contributed by atoms with E-state index in [1.165, 1.54) is 0 Å². The fraction of sp³-hybridized carbons (Fsp3) is 0.364. The largest absolute Gasteiger partial charge is 0.493 e. The highest BCUT2D eigenvalue weighted by Gasteiger charge is 2.26. The number of methoxy groups -OCH3 is 2. The Morgan fingerprint density at radius 1 is 1.03 bits per heavy atom. The monoisotopic (exact) mass is 400 g/mol. The van der Waals surface area contributed by atoms with Gasteiger partial charge < -0.3 is 24.8 Å². The second-order valence-electron chi connectivity index (χ2n) is 6.56. The number of nitrogens with one attached hydrogen (secondary N) is 1. The van der Waals surface area contributed by atoms with Gasteiger partial charge in [-0.3, -0.25) is 9.59 Å². The maximum Gasteiger partial charge on any atom is 0.242 e. The number of hydrogen-bond donors (Lipinski definition) is 2. The standard InChI is InChI=1S/C22H28N2O5/c1-16(22(27)23-11-12-25)24(15-17-7-5-4-6-8-17)21(26)14-18-9-10-19(28-2)20(13-18)29-3/h4-10,13,16,25H,11-12,14-15H2,1-3H3,(H,23,27)/t16-/m1/s1. The molecule has 2 rings (SSSR count). The van der Waals surface area contributed by atoms with E-state index in [0.717, 1.165) is 11.1 Å². The highest BCUT2D eigenvalue weighted by Crippen LogP contribution is 2.28. The maximum absolute atomic E-state index is 13.1. The second-order valence-corrected chi connectivity index (χ2v) is 6.56. The van der Waals surface area contributed by atoms with Crippen LogP contribution in [0.2, 0.25) is 0 Å². The molecule has 2 N–H and O–H groups in total. The number of rotatable bonds is 10. The van der Waals surface area contributed by atoms with Crippen LogP contribution in [0.4, 0.5) is 0 Å². The van der Waals surface area contributed by atoms with Crippen LogP contribution in [0.1, 0.15) is 18.1 Å². The number of hydrogen-bond acceptors (Lipinski definition) is 5. The third-order valence-corrected chi connectivity index (χ3v) is 4.58. The van der Waals surface area contributed by atoms with Gasteiger partial charge in [-0.15, -0.1) is 0 Å². The Bertz CT molecular complexity index is 810. The lowest BCUT2D eigenvalue weighted by atomic mass is 10.1. The Morgan fingerprint density at radius 3 is 2.34 bits per heavy atom. The van der Waals surface area contributed by atoms with Crippen molar-refractivity contribution in [1.29, 1.82) is 0 Å². The van der Waals surface area contributed by atoms with Crippen molar-refractivity contribution in [2.75, 3.05) is 27.4 Å². The molecule has 7 heteroatoms. The Balaban J connectivity index is 2.22. The van der Waals surface area contributed by atoms with Gasteiger partial charge in [0.1, 0.15) is 6.04 Å². The number of amides is 2. The van der Waals surface area contributed by atoms with E-state index in [1.807, 2.05) is 30.3 Å². The molecule has 0 bridgehead atoms. The summed E-state index contributed by atoms with van der Waals surface area (Å²) in [6, 6.07) is 14.1. The zero-order chi connectivity index (χ0) is 21.2. The van der Waals surface area contributed by atoms with Gasteiger partial charge in [-0.2, -0.15) is 0 Å². The van der Waals surface area contributed by atoms with E-state index in [1.54, 1.807) is 44.2 Å². The minimum Gasteiger partial charge on any atom is -0.493 e. The molecule has 156 valence electrons. The van der Waals surface area contributed by atoms with Gasteiger partial charge in [-0.25, -0.2) is 0 Å². The third kappa shape index (κ3) is 6.22. The molecule has 0 saturated heterocycles. The van der Waals surface area contributed by atoms with Gasteiger partial charge >= 0.3 is 0 Å². The molecule has 0 aliphatic rings.